The van der Waals surface area contributed by atoms with Gasteiger partial charge in [0.1, 0.15) is 18.1 Å². The predicted molar refractivity (Wildman–Crippen MR) is 139 cm³/mol. The van der Waals surface area contributed by atoms with E-state index in [0.29, 0.717) is 38.8 Å². The summed E-state index contributed by atoms with van der Waals surface area (Å²) in [5.41, 5.74) is 1.15. The van der Waals surface area contributed by atoms with Gasteiger partial charge in [-0.3, -0.25) is 9.69 Å². The largest absolute Gasteiger partial charge is 0.497 e. The average Bonchev–Trinajstić information content (AvgIpc) is 3.32. The van der Waals surface area contributed by atoms with Gasteiger partial charge >= 0.3 is 0 Å². The van der Waals surface area contributed by atoms with Crippen molar-refractivity contribution in [3.8, 4) is 11.5 Å². The Labute approximate surface area is 212 Å². The maximum atomic E-state index is 13.5. The molecule has 7 nitrogen and oxygen atoms in total. The van der Waals surface area contributed by atoms with Gasteiger partial charge in [0.25, 0.3) is 0 Å². The van der Waals surface area contributed by atoms with Crippen LogP contribution in [-0.2, 0) is 16.0 Å². The molecule has 0 spiro atoms. The molecular formula is C27H38N2O5S. The standard InChI is InChI=1S/C27H38N2O5S/c1-5-12-28(15-21(30)18-33-17-20(2)3)16-27(31)29-13-10-26-24(11-14-35-26)25(29)19-34-23-8-6-22(32-4)7-9-23/h5-9,11,14,20-21,25,30H,1,10,12-13,15-19H2,2-4H3/t21-,25-/m0/s1. The summed E-state index contributed by atoms with van der Waals surface area (Å²) < 4.78 is 16.9. The van der Waals surface area contributed by atoms with Crippen LogP contribution in [0, 0.1) is 5.92 Å². The quantitative estimate of drug-likeness (QED) is 0.397. The van der Waals surface area contributed by atoms with Crippen molar-refractivity contribution in [3.05, 3.63) is 58.8 Å². The van der Waals surface area contributed by atoms with Crippen molar-refractivity contribution in [1.82, 2.24) is 9.80 Å². The number of carbonyl (C=O) groups excluding carboxylic acids is 1. The number of nitrogens with zero attached hydrogens (tertiary/aromatic N) is 2. The van der Waals surface area contributed by atoms with E-state index in [2.05, 4.69) is 31.9 Å². The number of amides is 1. The van der Waals surface area contributed by atoms with Gasteiger partial charge in [-0.2, -0.15) is 0 Å². The fraction of sp³-hybridized carbons (Fsp3) is 0.519. The molecule has 8 heteroatoms. The van der Waals surface area contributed by atoms with Crippen molar-refractivity contribution in [2.75, 3.05) is 53.1 Å². The van der Waals surface area contributed by atoms with Gasteiger partial charge in [-0.1, -0.05) is 19.9 Å². The molecule has 1 amide bonds. The molecule has 0 aliphatic carbocycles. The molecular weight excluding hydrogens is 464 g/mol. The molecule has 0 saturated heterocycles. The number of methoxy groups -OCH3 is 1. The van der Waals surface area contributed by atoms with Gasteiger partial charge in [-0.25, -0.2) is 0 Å². The minimum absolute atomic E-state index is 0.0160. The van der Waals surface area contributed by atoms with E-state index in [4.69, 9.17) is 14.2 Å². The van der Waals surface area contributed by atoms with Crippen molar-refractivity contribution in [2.45, 2.75) is 32.4 Å². The second-order valence-electron chi connectivity index (χ2n) is 9.21. The van der Waals surface area contributed by atoms with E-state index in [1.807, 2.05) is 34.1 Å². The smallest absolute Gasteiger partial charge is 0.237 e. The van der Waals surface area contributed by atoms with Gasteiger partial charge in [0, 0.05) is 31.1 Å². The molecule has 2 heterocycles. The molecule has 2 atom stereocenters. The third-order valence-corrected chi connectivity index (χ3v) is 6.86. The first-order valence-corrected chi connectivity index (χ1v) is 13.0. The molecule has 2 aromatic rings. The molecule has 3 rings (SSSR count). The topological polar surface area (TPSA) is 71.5 Å². The van der Waals surface area contributed by atoms with Crippen LogP contribution in [0.15, 0.2) is 48.4 Å². The summed E-state index contributed by atoms with van der Waals surface area (Å²) in [6.07, 6.45) is 1.93. The van der Waals surface area contributed by atoms with E-state index in [9.17, 15) is 9.90 Å². The number of rotatable bonds is 14. The van der Waals surface area contributed by atoms with Crippen molar-refractivity contribution in [1.29, 1.82) is 0 Å². The Morgan fingerprint density at radius 3 is 2.69 bits per heavy atom. The van der Waals surface area contributed by atoms with Crippen LogP contribution in [0.3, 0.4) is 0 Å². The third kappa shape index (κ3) is 8.07. The highest BCUT2D eigenvalue weighted by Gasteiger charge is 2.33. The lowest BCUT2D eigenvalue weighted by molar-refractivity contribution is -0.136. The third-order valence-electron chi connectivity index (χ3n) is 5.86. The lowest BCUT2D eigenvalue weighted by atomic mass is 10.0. The maximum absolute atomic E-state index is 13.5. The molecule has 1 aromatic heterocycles. The summed E-state index contributed by atoms with van der Waals surface area (Å²) in [5.74, 6) is 1.93. The number of thiophene rings is 1. The van der Waals surface area contributed by atoms with E-state index in [0.717, 1.165) is 23.5 Å². The number of aliphatic hydroxyl groups is 1. The SMILES string of the molecule is C=CCN(CC(=O)N1CCc2sccc2[C@@H]1COc1ccc(OC)cc1)C[C@H](O)COCC(C)C. The van der Waals surface area contributed by atoms with Gasteiger partial charge in [0.2, 0.25) is 5.91 Å². The summed E-state index contributed by atoms with van der Waals surface area (Å²) in [7, 11) is 1.63. The van der Waals surface area contributed by atoms with Crippen LogP contribution >= 0.6 is 11.3 Å². The molecule has 192 valence electrons. The number of hydrogen-bond donors (Lipinski definition) is 1. The van der Waals surface area contributed by atoms with Crippen molar-refractivity contribution in [2.24, 2.45) is 5.92 Å². The zero-order chi connectivity index (χ0) is 25.2. The number of benzene rings is 1. The summed E-state index contributed by atoms with van der Waals surface area (Å²) in [6, 6.07) is 9.40. The van der Waals surface area contributed by atoms with E-state index in [-0.39, 0.29) is 25.1 Å². The Kier molecular flexibility index (Phi) is 10.6. The highest BCUT2D eigenvalue weighted by Crippen LogP contribution is 2.34. The fourth-order valence-electron chi connectivity index (χ4n) is 4.18. The van der Waals surface area contributed by atoms with Crippen LogP contribution in [0.1, 0.15) is 30.3 Å². The lowest BCUT2D eigenvalue weighted by Crippen LogP contribution is -2.48. The van der Waals surface area contributed by atoms with Gasteiger partial charge in [-0.15, -0.1) is 17.9 Å². The Morgan fingerprint density at radius 1 is 1.26 bits per heavy atom. The summed E-state index contributed by atoms with van der Waals surface area (Å²) in [6.45, 7) is 10.9. The van der Waals surface area contributed by atoms with Crippen molar-refractivity contribution < 1.29 is 24.1 Å². The van der Waals surface area contributed by atoms with E-state index in [1.54, 1.807) is 24.5 Å². The number of aliphatic hydroxyl groups excluding tert-OH is 1. The minimum Gasteiger partial charge on any atom is -0.497 e. The molecule has 1 N–H and O–H groups in total. The molecule has 35 heavy (non-hydrogen) atoms. The first kappa shape index (κ1) is 27.2. The van der Waals surface area contributed by atoms with Crippen LogP contribution in [0.4, 0.5) is 0 Å². The highest BCUT2D eigenvalue weighted by molar-refractivity contribution is 7.10. The Hall–Kier alpha value is -2.39. The zero-order valence-corrected chi connectivity index (χ0v) is 21.8. The van der Waals surface area contributed by atoms with Gasteiger partial charge in [0.05, 0.1) is 32.4 Å². The molecule has 0 unspecified atom stereocenters. The number of carbonyl (C=O) groups is 1. The Bertz CT molecular complexity index is 930. The zero-order valence-electron chi connectivity index (χ0n) is 21.0. The monoisotopic (exact) mass is 502 g/mol. The second-order valence-corrected chi connectivity index (χ2v) is 10.2. The summed E-state index contributed by atoms with van der Waals surface area (Å²) in [5, 5.41) is 12.5. The van der Waals surface area contributed by atoms with Crippen LogP contribution < -0.4 is 9.47 Å². The maximum Gasteiger partial charge on any atom is 0.237 e. The number of ether oxygens (including phenoxy) is 3. The van der Waals surface area contributed by atoms with Crippen LogP contribution in [0.5, 0.6) is 11.5 Å². The predicted octanol–water partition coefficient (Wildman–Crippen LogP) is 3.78. The van der Waals surface area contributed by atoms with Crippen LogP contribution in [0.2, 0.25) is 0 Å². The second kappa shape index (κ2) is 13.6. The molecule has 0 saturated carbocycles. The van der Waals surface area contributed by atoms with Gasteiger partial charge < -0.3 is 24.2 Å². The first-order chi connectivity index (χ1) is 16.9. The molecule has 1 aliphatic heterocycles. The molecule has 0 fully saturated rings. The number of hydrogen-bond acceptors (Lipinski definition) is 7. The van der Waals surface area contributed by atoms with Crippen molar-refractivity contribution >= 4 is 17.2 Å². The summed E-state index contributed by atoms with van der Waals surface area (Å²) >= 11 is 1.73. The van der Waals surface area contributed by atoms with Gasteiger partial charge in [0.15, 0.2) is 0 Å². The van der Waals surface area contributed by atoms with Gasteiger partial charge in [-0.05, 0) is 53.6 Å². The fourth-order valence-corrected chi connectivity index (χ4v) is 5.11. The molecule has 0 bridgehead atoms. The van der Waals surface area contributed by atoms with Crippen LogP contribution in [0.25, 0.3) is 0 Å². The molecule has 1 aliphatic rings. The minimum atomic E-state index is -0.666. The highest BCUT2D eigenvalue weighted by atomic mass is 32.1. The van der Waals surface area contributed by atoms with Crippen LogP contribution in [-0.4, -0.2) is 80.0 Å². The number of fused-ring (bicyclic) bond motifs is 1. The first-order valence-electron chi connectivity index (χ1n) is 12.1. The van der Waals surface area contributed by atoms with E-state index >= 15 is 0 Å². The normalized spacial score (nSPS) is 16.3. The molecule has 1 aromatic carbocycles. The average molecular weight is 503 g/mol. The van der Waals surface area contributed by atoms with Crippen molar-refractivity contribution in [3.63, 3.8) is 0 Å². The Balaban J connectivity index is 1.64. The lowest BCUT2D eigenvalue weighted by Gasteiger charge is -2.37. The Morgan fingerprint density at radius 2 is 2.00 bits per heavy atom. The summed E-state index contributed by atoms with van der Waals surface area (Å²) in [4.78, 5) is 18.6. The van der Waals surface area contributed by atoms with E-state index < -0.39 is 6.10 Å². The van der Waals surface area contributed by atoms with E-state index in [1.165, 1.54) is 4.88 Å². The molecule has 0 radical (unpaired) electrons.